The molecule has 0 atom stereocenters. The number of halogens is 3. The molecule has 20 heavy (non-hydrogen) atoms. The molecular formula is C12H8ClF2N3O2. The molecule has 0 spiro atoms. The topological polar surface area (TPSA) is 68.1 Å². The van der Waals surface area contributed by atoms with Crippen molar-refractivity contribution in [3.8, 4) is 0 Å². The molecule has 0 unspecified atom stereocenters. The number of nitrogens with one attached hydrogen (secondary N) is 1. The van der Waals surface area contributed by atoms with Crippen LogP contribution in [-0.2, 0) is 6.54 Å². The number of hydrogen-bond donors (Lipinski definition) is 1. The van der Waals surface area contributed by atoms with Crippen LogP contribution < -0.4 is 5.32 Å². The van der Waals surface area contributed by atoms with Crippen molar-refractivity contribution in [3.05, 3.63) is 62.9 Å². The van der Waals surface area contributed by atoms with Crippen LogP contribution in [0.4, 0.5) is 20.2 Å². The van der Waals surface area contributed by atoms with Gasteiger partial charge in [-0.05, 0) is 12.1 Å². The summed E-state index contributed by atoms with van der Waals surface area (Å²) < 4.78 is 26.7. The number of benzene rings is 1. The van der Waals surface area contributed by atoms with E-state index >= 15 is 0 Å². The van der Waals surface area contributed by atoms with Crippen LogP contribution >= 0.6 is 11.6 Å². The van der Waals surface area contributed by atoms with Crippen LogP contribution in [0.25, 0.3) is 0 Å². The molecule has 0 aliphatic heterocycles. The van der Waals surface area contributed by atoms with E-state index in [0.717, 1.165) is 6.07 Å². The van der Waals surface area contributed by atoms with Gasteiger partial charge in [0.25, 0.3) is 0 Å². The molecular weight excluding hydrogens is 292 g/mol. The summed E-state index contributed by atoms with van der Waals surface area (Å²) in [6.45, 7) is -0.0850. The van der Waals surface area contributed by atoms with Crippen molar-refractivity contribution in [2.24, 2.45) is 0 Å². The monoisotopic (exact) mass is 299 g/mol. The van der Waals surface area contributed by atoms with Crippen molar-refractivity contribution in [3.63, 3.8) is 0 Å². The second-order valence-corrected chi connectivity index (χ2v) is 4.21. The third kappa shape index (κ3) is 3.00. The van der Waals surface area contributed by atoms with E-state index in [2.05, 4.69) is 10.3 Å². The van der Waals surface area contributed by atoms with Gasteiger partial charge in [0.05, 0.1) is 10.6 Å². The van der Waals surface area contributed by atoms with Crippen LogP contribution in [0, 0.1) is 21.7 Å². The van der Waals surface area contributed by atoms with E-state index in [4.69, 9.17) is 11.6 Å². The van der Waals surface area contributed by atoms with Crippen molar-refractivity contribution < 1.29 is 13.7 Å². The number of aromatic nitrogens is 1. The van der Waals surface area contributed by atoms with Gasteiger partial charge in [-0.1, -0.05) is 11.6 Å². The van der Waals surface area contributed by atoms with Crippen LogP contribution in [0.15, 0.2) is 30.5 Å². The number of pyridine rings is 1. The number of rotatable bonds is 4. The second-order valence-electron chi connectivity index (χ2n) is 3.85. The average Bonchev–Trinajstić information content (AvgIpc) is 2.39. The first-order valence-electron chi connectivity index (χ1n) is 5.45. The maximum atomic E-state index is 13.5. The molecule has 0 saturated carbocycles. The molecule has 0 fully saturated rings. The second kappa shape index (κ2) is 5.79. The Morgan fingerprint density at radius 3 is 2.75 bits per heavy atom. The summed E-state index contributed by atoms with van der Waals surface area (Å²) in [5.41, 5.74) is -0.376. The van der Waals surface area contributed by atoms with Gasteiger partial charge < -0.3 is 5.32 Å². The van der Waals surface area contributed by atoms with E-state index in [9.17, 15) is 18.9 Å². The lowest BCUT2D eigenvalue weighted by atomic mass is 10.1. The normalized spacial score (nSPS) is 10.3. The van der Waals surface area contributed by atoms with Crippen LogP contribution in [0.3, 0.4) is 0 Å². The van der Waals surface area contributed by atoms with E-state index in [0.29, 0.717) is 11.8 Å². The van der Waals surface area contributed by atoms with Crippen molar-refractivity contribution in [1.29, 1.82) is 0 Å². The maximum Gasteiger partial charge on any atom is 0.305 e. The molecule has 0 aliphatic carbocycles. The molecule has 0 radical (unpaired) electrons. The van der Waals surface area contributed by atoms with E-state index < -0.39 is 22.2 Å². The molecule has 104 valence electrons. The van der Waals surface area contributed by atoms with Crippen LogP contribution in [-0.4, -0.2) is 9.91 Å². The molecule has 1 aromatic heterocycles. The summed E-state index contributed by atoms with van der Waals surface area (Å²) in [7, 11) is 0. The van der Waals surface area contributed by atoms with Gasteiger partial charge in [0.15, 0.2) is 5.15 Å². The molecule has 1 heterocycles. The molecule has 0 amide bonds. The number of nitro benzene ring substituents is 1. The highest BCUT2D eigenvalue weighted by Gasteiger charge is 2.18. The Morgan fingerprint density at radius 2 is 2.10 bits per heavy atom. The standard InChI is InChI=1S/C12H8ClF2N3O2/c13-12-10(2-1-3-16-12)17-6-7-4-11(18(19)20)9(15)5-8(7)14/h1-5,17H,6H2. The highest BCUT2D eigenvalue weighted by molar-refractivity contribution is 6.31. The van der Waals surface area contributed by atoms with Gasteiger partial charge in [0.2, 0.25) is 5.82 Å². The summed E-state index contributed by atoms with van der Waals surface area (Å²) in [6.07, 6.45) is 1.48. The molecule has 1 N–H and O–H groups in total. The lowest BCUT2D eigenvalue weighted by molar-refractivity contribution is -0.387. The number of hydrogen-bond acceptors (Lipinski definition) is 4. The minimum Gasteiger partial charge on any atom is -0.378 e. The molecule has 0 aliphatic rings. The quantitative estimate of drug-likeness (QED) is 0.533. The number of anilines is 1. The van der Waals surface area contributed by atoms with Gasteiger partial charge in [-0.25, -0.2) is 9.37 Å². The third-order valence-electron chi connectivity index (χ3n) is 2.54. The van der Waals surface area contributed by atoms with Crippen LogP contribution in [0.2, 0.25) is 5.15 Å². The van der Waals surface area contributed by atoms with Gasteiger partial charge in [-0.2, -0.15) is 4.39 Å². The van der Waals surface area contributed by atoms with Gasteiger partial charge in [0, 0.05) is 30.4 Å². The first kappa shape index (κ1) is 14.1. The van der Waals surface area contributed by atoms with Crippen LogP contribution in [0.1, 0.15) is 5.56 Å². The maximum absolute atomic E-state index is 13.5. The predicted octanol–water partition coefficient (Wildman–Crippen LogP) is 3.53. The zero-order chi connectivity index (χ0) is 14.7. The number of nitrogens with zero attached hydrogens (tertiary/aromatic N) is 2. The fraction of sp³-hybridized carbons (Fsp3) is 0.0833. The van der Waals surface area contributed by atoms with E-state index in [1.54, 1.807) is 12.1 Å². The smallest absolute Gasteiger partial charge is 0.305 e. The zero-order valence-corrected chi connectivity index (χ0v) is 10.7. The molecule has 2 aromatic rings. The van der Waals surface area contributed by atoms with Crippen molar-refractivity contribution in [1.82, 2.24) is 4.98 Å². The summed E-state index contributed by atoms with van der Waals surface area (Å²) >= 11 is 5.80. The SMILES string of the molecule is O=[N+]([O-])c1cc(CNc2cccnc2Cl)c(F)cc1F. The Hall–Kier alpha value is -2.28. The summed E-state index contributed by atoms with van der Waals surface area (Å²) in [5, 5.41) is 13.6. The third-order valence-corrected chi connectivity index (χ3v) is 2.84. The Balaban J connectivity index is 2.24. The Labute approximate surface area is 117 Å². The first-order valence-corrected chi connectivity index (χ1v) is 5.83. The lowest BCUT2D eigenvalue weighted by Crippen LogP contribution is -2.05. The zero-order valence-electron chi connectivity index (χ0n) is 9.94. The van der Waals surface area contributed by atoms with Crippen molar-refractivity contribution in [2.45, 2.75) is 6.54 Å². The largest absolute Gasteiger partial charge is 0.378 e. The van der Waals surface area contributed by atoms with Crippen molar-refractivity contribution in [2.75, 3.05) is 5.32 Å². The molecule has 0 bridgehead atoms. The molecule has 1 aromatic carbocycles. The highest BCUT2D eigenvalue weighted by atomic mass is 35.5. The summed E-state index contributed by atoms with van der Waals surface area (Å²) in [5.74, 6) is -2.09. The lowest BCUT2D eigenvalue weighted by Gasteiger charge is -2.08. The average molecular weight is 300 g/mol. The first-order chi connectivity index (χ1) is 9.49. The highest BCUT2D eigenvalue weighted by Crippen LogP contribution is 2.23. The van der Waals surface area contributed by atoms with Gasteiger partial charge in [-0.15, -0.1) is 0 Å². The Morgan fingerprint density at radius 1 is 1.35 bits per heavy atom. The fourth-order valence-electron chi connectivity index (χ4n) is 1.56. The summed E-state index contributed by atoms with van der Waals surface area (Å²) in [6, 6.07) is 4.57. The Kier molecular flexibility index (Phi) is 4.09. The van der Waals surface area contributed by atoms with Gasteiger partial charge >= 0.3 is 5.69 Å². The molecule has 8 heteroatoms. The summed E-state index contributed by atoms with van der Waals surface area (Å²) in [4.78, 5) is 13.5. The van der Waals surface area contributed by atoms with Crippen LogP contribution in [0.5, 0.6) is 0 Å². The van der Waals surface area contributed by atoms with E-state index in [1.807, 2.05) is 0 Å². The minimum atomic E-state index is -1.21. The predicted molar refractivity (Wildman–Crippen MR) is 69.6 cm³/mol. The Bertz CT molecular complexity index is 667. The number of nitro groups is 1. The van der Waals surface area contributed by atoms with E-state index in [1.165, 1.54) is 6.20 Å². The molecule has 0 saturated heterocycles. The minimum absolute atomic E-state index is 0.0435. The van der Waals surface area contributed by atoms with Gasteiger partial charge in [-0.3, -0.25) is 10.1 Å². The molecule has 5 nitrogen and oxygen atoms in total. The molecule has 2 rings (SSSR count). The van der Waals surface area contributed by atoms with Crippen molar-refractivity contribution >= 4 is 23.0 Å². The van der Waals surface area contributed by atoms with E-state index in [-0.39, 0.29) is 17.3 Å². The van der Waals surface area contributed by atoms with Gasteiger partial charge in [0.1, 0.15) is 5.82 Å². The fourth-order valence-corrected chi connectivity index (χ4v) is 1.75.